The highest BCUT2D eigenvalue weighted by Crippen LogP contribution is 2.44. The maximum absolute atomic E-state index is 13.0. The van der Waals surface area contributed by atoms with Crippen LogP contribution in [0, 0.1) is 11.8 Å². The Bertz CT molecular complexity index is 781. The fraction of sp³-hybridized carbons (Fsp3) is 0.526. The van der Waals surface area contributed by atoms with Gasteiger partial charge in [0.15, 0.2) is 0 Å². The van der Waals surface area contributed by atoms with E-state index in [2.05, 4.69) is 5.32 Å². The number of benzene rings is 1. The number of halogens is 1. The summed E-state index contributed by atoms with van der Waals surface area (Å²) in [5, 5.41) is 3.32. The van der Waals surface area contributed by atoms with Crippen LogP contribution in [-0.2, 0) is 19.1 Å². The van der Waals surface area contributed by atoms with Crippen LogP contribution in [0.5, 0.6) is 0 Å². The van der Waals surface area contributed by atoms with Gasteiger partial charge in [-0.1, -0.05) is 18.0 Å². The topological polar surface area (TPSA) is 75.7 Å². The number of likely N-dealkylation sites (tertiary alicyclic amines) is 1. The number of methoxy groups -OCH3 is 1. The summed E-state index contributed by atoms with van der Waals surface area (Å²) in [6.45, 7) is 0.569. The predicted octanol–water partition coefficient (Wildman–Crippen LogP) is 2.57. The molecule has 6 nitrogen and oxygen atoms in total. The highest BCUT2D eigenvalue weighted by molar-refractivity contribution is 6.31. The smallest absolute Gasteiger partial charge is 0.328 e. The van der Waals surface area contributed by atoms with Crippen LogP contribution in [0.25, 0.3) is 0 Å². The second-order valence-electron chi connectivity index (χ2n) is 7.35. The molecule has 26 heavy (non-hydrogen) atoms. The van der Waals surface area contributed by atoms with E-state index in [1.54, 1.807) is 23.1 Å². The minimum Gasteiger partial charge on any atom is -0.467 e. The van der Waals surface area contributed by atoms with Gasteiger partial charge in [-0.05, 0) is 48.4 Å². The Balaban J connectivity index is 1.56. The standard InChI is InChI=1S/C19H21ClN2O4/c1-26-19(25)17-12-4-2-3-10(12)9-22(17)16(23)8-14-13-7-11(20)5-6-15(13)21-18(14)24/h5-7,10,12,14,17H,2-4,8-9H2,1H3,(H,21,24)/t10-,12-,14?,17+/m1/s1. The van der Waals surface area contributed by atoms with Crippen molar-refractivity contribution in [1.29, 1.82) is 0 Å². The lowest BCUT2D eigenvalue weighted by Gasteiger charge is -2.26. The first-order valence-corrected chi connectivity index (χ1v) is 9.35. The summed E-state index contributed by atoms with van der Waals surface area (Å²) < 4.78 is 4.96. The van der Waals surface area contributed by atoms with Gasteiger partial charge in [0.05, 0.1) is 13.0 Å². The summed E-state index contributed by atoms with van der Waals surface area (Å²) >= 11 is 6.05. The van der Waals surface area contributed by atoms with Gasteiger partial charge in [-0.25, -0.2) is 4.79 Å². The third-order valence-corrected chi connectivity index (χ3v) is 6.23. The first-order valence-electron chi connectivity index (χ1n) is 8.97. The Hall–Kier alpha value is -2.08. The number of carbonyl (C=O) groups excluding carboxylic acids is 3. The van der Waals surface area contributed by atoms with Crippen LogP contribution in [0.3, 0.4) is 0 Å². The molecular formula is C19H21ClN2O4. The van der Waals surface area contributed by atoms with Crippen LogP contribution < -0.4 is 5.32 Å². The van der Waals surface area contributed by atoms with Crippen LogP contribution in [0.4, 0.5) is 5.69 Å². The summed E-state index contributed by atoms with van der Waals surface area (Å²) in [6.07, 6.45) is 3.09. The number of nitrogens with zero attached hydrogens (tertiary/aromatic N) is 1. The first kappa shape index (κ1) is 17.3. The summed E-state index contributed by atoms with van der Waals surface area (Å²) in [6, 6.07) is 4.66. The van der Waals surface area contributed by atoms with Gasteiger partial charge in [0.1, 0.15) is 6.04 Å². The first-order chi connectivity index (χ1) is 12.5. The Morgan fingerprint density at radius 2 is 2.15 bits per heavy atom. The van der Waals surface area contributed by atoms with Crippen LogP contribution >= 0.6 is 11.6 Å². The third kappa shape index (κ3) is 2.76. The number of rotatable bonds is 3. The van der Waals surface area contributed by atoms with E-state index in [-0.39, 0.29) is 30.1 Å². The minimum absolute atomic E-state index is 0.0338. The summed E-state index contributed by atoms with van der Waals surface area (Å²) in [5.41, 5.74) is 1.44. The van der Waals surface area contributed by atoms with Crippen molar-refractivity contribution in [3.63, 3.8) is 0 Å². The normalized spacial score (nSPS) is 29.3. The molecule has 138 valence electrons. The van der Waals surface area contributed by atoms with E-state index in [0.29, 0.717) is 23.2 Å². The Morgan fingerprint density at radius 1 is 1.35 bits per heavy atom. The van der Waals surface area contributed by atoms with E-state index in [9.17, 15) is 14.4 Å². The monoisotopic (exact) mass is 376 g/mol. The van der Waals surface area contributed by atoms with Crippen molar-refractivity contribution in [1.82, 2.24) is 4.90 Å². The number of hydrogen-bond donors (Lipinski definition) is 1. The van der Waals surface area contributed by atoms with Gasteiger partial charge in [-0.15, -0.1) is 0 Å². The summed E-state index contributed by atoms with van der Waals surface area (Å²) in [7, 11) is 1.36. The van der Waals surface area contributed by atoms with E-state index < -0.39 is 12.0 Å². The highest BCUT2D eigenvalue weighted by Gasteiger charge is 2.50. The van der Waals surface area contributed by atoms with E-state index in [4.69, 9.17) is 16.3 Å². The molecule has 2 fully saturated rings. The second kappa shape index (κ2) is 6.58. The maximum Gasteiger partial charge on any atom is 0.328 e. The lowest BCUT2D eigenvalue weighted by molar-refractivity contribution is -0.152. The van der Waals surface area contributed by atoms with Crippen molar-refractivity contribution in [2.45, 2.75) is 37.6 Å². The van der Waals surface area contributed by atoms with Gasteiger partial charge >= 0.3 is 5.97 Å². The van der Waals surface area contributed by atoms with E-state index >= 15 is 0 Å². The lowest BCUT2D eigenvalue weighted by atomic mass is 9.93. The van der Waals surface area contributed by atoms with Crippen molar-refractivity contribution in [3.05, 3.63) is 28.8 Å². The Labute approximate surface area is 156 Å². The van der Waals surface area contributed by atoms with E-state index in [1.165, 1.54) is 7.11 Å². The molecule has 7 heteroatoms. The lowest BCUT2D eigenvalue weighted by Crippen LogP contribution is -2.44. The molecule has 1 unspecified atom stereocenters. The van der Waals surface area contributed by atoms with Crippen molar-refractivity contribution in [3.8, 4) is 0 Å². The van der Waals surface area contributed by atoms with Gasteiger partial charge in [0, 0.05) is 23.7 Å². The number of esters is 1. The highest BCUT2D eigenvalue weighted by atomic mass is 35.5. The zero-order valence-corrected chi connectivity index (χ0v) is 15.3. The largest absolute Gasteiger partial charge is 0.467 e. The van der Waals surface area contributed by atoms with Gasteiger partial charge in [-0.3, -0.25) is 9.59 Å². The zero-order chi connectivity index (χ0) is 18.4. The fourth-order valence-electron chi connectivity index (χ4n) is 4.78. The molecule has 2 amide bonds. The molecule has 2 heterocycles. The van der Waals surface area contributed by atoms with Crippen molar-refractivity contribution in [2.75, 3.05) is 19.0 Å². The fourth-order valence-corrected chi connectivity index (χ4v) is 4.96. The zero-order valence-electron chi connectivity index (χ0n) is 14.5. The molecule has 0 aromatic heterocycles. The van der Waals surface area contributed by atoms with Crippen LogP contribution in [0.1, 0.15) is 37.2 Å². The molecule has 1 saturated carbocycles. The molecule has 1 aliphatic carbocycles. The maximum atomic E-state index is 13.0. The molecule has 0 bridgehead atoms. The molecule has 4 rings (SSSR count). The van der Waals surface area contributed by atoms with Crippen LogP contribution in [0.15, 0.2) is 18.2 Å². The van der Waals surface area contributed by atoms with Gasteiger partial charge in [0.2, 0.25) is 11.8 Å². The van der Waals surface area contributed by atoms with E-state index in [0.717, 1.165) is 24.8 Å². The molecule has 1 aromatic carbocycles. The quantitative estimate of drug-likeness (QED) is 0.822. The molecule has 0 spiro atoms. The SMILES string of the molecule is COC(=O)[C@@H]1[C@@H]2CCC[C@@H]2CN1C(=O)CC1C(=O)Nc2ccc(Cl)cc21. The summed E-state index contributed by atoms with van der Waals surface area (Å²) in [5.74, 6) is -0.790. The molecular weight excluding hydrogens is 356 g/mol. The molecule has 2 aliphatic heterocycles. The number of anilines is 1. The minimum atomic E-state index is -0.574. The number of nitrogens with one attached hydrogen (secondary N) is 1. The number of carbonyl (C=O) groups is 3. The number of ether oxygens (including phenoxy) is 1. The van der Waals surface area contributed by atoms with Crippen LogP contribution in [0.2, 0.25) is 5.02 Å². The molecule has 1 saturated heterocycles. The molecule has 0 radical (unpaired) electrons. The number of hydrogen-bond acceptors (Lipinski definition) is 4. The third-order valence-electron chi connectivity index (χ3n) is 6.00. The molecule has 3 aliphatic rings. The average Bonchev–Trinajstić information content (AvgIpc) is 3.28. The predicted molar refractivity (Wildman–Crippen MR) is 95.8 cm³/mol. The van der Waals surface area contributed by atoms with Gasteiger partial charge < -0.3 is 15.0 Å². The second-order valence-corrected chi connectivity index (χ2v) is 7.78. The molecule has 4 atom stereocenters. The Kier molecular flexibility index (Phi) is 4.39. The summed E-state index contributed by atoms with van der Waals surface area (Å²) in [4.78, 5) is 39.3. The van der Waals surface area contributed by atoms with E-state index in [1.807, 2.05) is 0 Å². The average molecular weight is 377 g/mol. The van der Waals surface area contributed by atoms with Crippen molar-refractivity contribution < 1.29 is 19.1 Å². The van der Waals surface area contributed by atoms with Crippen LogP contribution in [-0.4, -0.2) is 42.4 Å². The molecule has 1 N–H and O–H groups in total. The molecule has 1 aromatic rings. The number of amides is 2. The Morgan fingerprint density at radius 3 is 2.92 bits per heavy atom. The van der Waals surface area contributed by atoms with Gasteiger partial charge in [-0.2, -0.15) is 0 Å². The van der Waals surface area contributed by atoms with Gasteiger partial charge in [0.25, 0.3) is 0 Å². The van der Waals surface area contributed by atoms with Crippen molar-refractivity contribution in [2.24, 2.45) is 11.8 Å². The number of fused-ring (bicyclic) bond motifs is 2. The van der Waals surface area contributed by atoms with Crippen molar-refractivity contribution >= 4 is 35.1 Å².